The average molecular weight is 225 g/mol. The molecule has 0 saturated carbocycles. The van der Waals surface area contributed by atoms with E-state index in [-0.39, 0.29) is 11.1 Å². The van der Waals surface area contributed by atoms with Crippen molar-refractivity contribution in [1.29, 1.82) is 0 Å². The SMILES string of the molecule is CC.CC.[B]N1C(C)(C)CC(C)CC1(C)C. The first-order valence-electron chi connectivity index (χ1n) is 6.81. The zero-order chi connectivity index (χ0) is 13.6. The maximum Gasteiger partial charge on any atom is 0.183 e. The topological polar surface area (TPSA) is 3.24 Å². The summed E-state index contributed by atoms with van der Waals surface area (Å²) in [4.78, 5) is 2.03. The van der Waals surface area contributed by atoms with Gasteiger partial charge in [-0.15, -0.1) is 0 Å². The van der Waals surface area contributed by atoms with Gasteiger partial charge in [0.1, 0.15) is 0 Å². The van der Waals surface area contributed by atoms with Gasteiger partial charge in [0.2, 0.25) is 0 Å². The molecule has 0 unspecified atom stereocenters. The molecule has 0 aromatic rings. The number of hydrogen-bond donors (Lipinski definition) is 0. The first kappa shape index (κ1) is 18.4. The van der Waals surface area contributed by atoms with Gasteiger partial charge in [0.05, 0.1) is 0 Å². The minimum absolute atomic E-state index is 0.154. The molecule has 0 spiro atoms. The third-order valence-electron chi connectivity index (χ3n) is 3.00. The zero-order valence-electron chi connectivity index (χ0n) is 13.0. The summed E-state index contributed by atoms with van der Waals surface area (Å²) in [6, 6.07) is 0. The van der Waals surface area contributed by atoms with E-state index in [1.54, 1.807) is 0 Å². The van der Waals surface area contributed by atoms with Gasteiger partial charge in [-0.05, 0) is 46.5 Å². The lowest BCUT2D eigenvalue weighted by Crippen LogP contribution is -2.58. The minimum atomic E-state index is 0.154. The maximum atomic E-state index is 6.09. The Morgan fingerprint density at radius 2 is 1.12 bits per heavy atom. The molecule has 0 atom stereocenters. The average Bonchev–Trinajstić information content (AvgIpc) is 2.19. The normalized spacial score (nSPS) is 23.6. The van der Waals surface area contributed by atoms with E-state index in [1.807, 2.05) is 32.5 Å². The monoisotopic (exact) mass is 225 g/mol. The van der Waals surface area contributed by atoms with E-state index in [1.165, 1.54) is 12.8 Å². The van der Waals surface area contributed by atoms with Gasteiger partial charge in [0.25, 0.3) is 0 Å². The van der Waals surface area contributed by atoms with Crippen molar-refractivity contribution in [2.75, 3.05) is 0 Å². The van der Waals surface area contributed by atoms with Crippen LogP contribution in [0.4, 0.5) is 0 Å². The van der Waals surface area contributed by atoms with Crippen LogP contribution in [0.25, 0.3) is 0 Å². The molecule has 2 radical (unpaired) electrons. The van der Waals surface area contributed by atoms with Crippen LogP contribution in [0.1, 0.15) is 75.2 Å². The van der Waals surface area contributed by atoms with Crippen LogP contribution in [-0.4, -0.2) is 23.9 Å². The molecule has 0 aliphatic carbocycles. The van der Waals surface area contributed by atoms with Gasteiger partial charge < -0.3 is 4.81 Å². The van der Waals surface area contributed by atoms with Gasteiger partial charge in [0, 0.05) is 11.1 Å². The fraction of sp³-hybridized carbons (Fsp3) is 1.00. The number of rotatable bonds is 0. The Balaban J connectivity index is 0. The van der Waals surface area contributed by atoms with E-state index >= 15 is 0 Å². The van der Waals surface area contributed by atoms with Crippen molar-refractivity contribution in [3.63, 3.8) is 0 Å². The van der Waals surface area contributed by atoms with Crippen LogP contribution in [0.2, 0.25) is 0 Å². The van der Waals surface area contributed by atoms with Gasteiger partial charge in [-0.3, -0.25) is 0 Å². The molecule has 0 amide bonds. The molecule has 0 aromatic heterocycles. The van der Waals surface area contributed by atoms with Crippen LogP contribution < -0.4 is 0 Å². The Hall–Kier alpha value is 0.0249. The number of hydrogen-bond acceptors (Lipinski definition) is 1. The molecule has 96 valence electrons. The van der Waals surface area contributed by atoms with Gasteiger partial charge in [-0.25, -0.2) is 0 Å². The number of piperidine rings is 1. The smallest absolute Gasteiger partial charge is 0.183 e. The first-order chi connectivity index (χ1) is 7.26. The van der Waals surface area contributed by atoms with Crippen LogP contribution in [0.5, 0.6) is 0 Å². The third kappa shape index (κ3) is 4.90. The standard InChI is InChI=1S/C10H20BN.2C2H6/c1-8-6-9(2,3)12(11)10(4,5)7-8;2*1-2/h8H,6-7H2,1-5H3;2*1-2H3. The van der Waals surface area contributed by atoms with Gasteiger partial charge in [0.15, 0.2) is 7.98 Å². The maximum absolute atomic E-state index is 6.09. The summed E-state index contributed by atoms with van der Waals surface area (Å²) in [5.74, 6) is 0.787. The lowest BCUT2D eigenvalue weighted by atomic mass is 9.72. The molecule has 2 heteroatoms. The second kappa shape index (κ2) is 7.37. The predicted octanol–water partition coefficient (Wildman–Crippen LogP) is 4.41. The van der Waals surface area contributed by atoms with Crippen molar-refractivity contribution in [3.8, 4) is 0 Å². The molecule has 0 N–H and O–H groups in total. The van der Waals surface area contributed by atoms with Gasteiger partial charge in [-0.1, -0.05) is 34.6 Å². The summed E-state index contributed by atoms with van der Waals surface area (Å²) in [6.45, 7) is 19.2. The summed E-state index contributed by atoms with van der Waals surface area (Å²) >= 11 is 0. The molecule has 1 saturated heterocycles. The highest BCUT2D eigenvalue weighted by molar-refractivity contribution is 6.05. The van der Waals surface area contributed by atoms with Crippen molar-refractivity contribution in [2.45, 2.75) is 86.2 Å². The molecular formula is C14H32BN. The van der Waals surface area contributed by atoms with E-state index in [4.69, 9.17) is 7.98 Å². The molecule has 0 aromatic carbocycles. The first-order valence-corrected chi connectivity index (χ1v) is 6.81. The molecule has 0 bridgehead atoms. The third-order valence-corrected chi connectivity index (χ3v) is 3.00. The van der Waals surface area contributed by atoms with E-state index in [0.29, 0.717) is 0 Å². The largest absolute Gasteiger partial charge is 0.344 e. The molecule has 1 nitrogen and oxygen atoms in total. The van der Waals surface area contributed by atoms with Gasteiger partial charge in [-0.2, -0.15) is 0 Å². The van der Waals surface area contributed by atoms with E-state index in [2.05, 4.69) is 34.6 Å². The second-order valence-electron chi connectivity index (χ2n) is 5.51. The van der Waals surface area contributed by atoms with Crippen LogP contribution >= 0.6 is 0 Å². The van der Waals surface area contributed by atoms with Crippen molar-refractivity contribution in [3.05, 3.63) is 0 Å². The summed E-state index contributed by atoms with van der Waals surface area (Å²) < 4.78 is 0. The molecule has 1 fully saturated rings. The number of nitrogens with zero attached hydrogens (tertiary/aromatic N) is 1. The fourth-order valence-corrected chi connectivity index (χ4v) is 2.79. The Labute approximate surface area is 105 Å². The Bertz CT molecular complexity index is 158. The molecule has 1 heterocycles. The quantitative estimate of drug-likeness (QED) is 0.552. The highest BCUT2D eigenvalue weighted by Crippen LogP contribution is 2.39. The lowest BCUT2D eigenvalue weighted by Gasteiger charge is -2.54. The lowest BCUT2D eigenvalue weighted by molar-refractivity contribution is 0.0280. The fourth-order valence-electron chi connectivity index (χ4n) is 2.79. The Kier molecular flexibility index (Phi) is 8.47. The highest BCUT2D eigenvalue weighted by atomic mass is 15.2. The van der Waals surface area contributed by atoms with Crippen molar-refractivity contribution < 1.29 is 0 Å². The molecule has 1 rings (SSSR count). The van der Waals surface area contributed by atoms with E-state index in [0.717, 1.165) is 5.92 Å². The van der Waals surface area contributed by atoms with E-state index < -0.39 is 0 Å². The molecule has 1 aliphatic heterocycles. The Morgan fingerprint density at radius 1 is 0.875 bits per heavy atom. The second-order valence-corrected chi connectivity index (χ2v) is 5.51. The summed E-state index contributed by atoms with van der Waals surface area (Å²) in [7, 11) is 6.09. The summed E-state index contributed by atoms with van der Waals surface area (Å²) in [5.41, 5.74) is 0.308. The molecular weight excluding hydrogens is 193 g/mol. The van der Waals surface area contributed by atoms with Crippen LogP contribution in [-0.2, 0) is 0 Å². The molecule has 16 heavy (non-hydrogen) atoms. The minimum Gasteiger partial charge on any atom is -0.344 e. The zero-order valence-corrected chi connectivity index (χ0v) is 13.0. The van der Waals surface area contributed by atoms with Crippen molar-refractivity contribution in [1.82, 2.24) is 4.81 Å². The highest BCUT2D eigenvalue weighted by Gasteiger charge is 2.40. The van der Waals surface area contributed by atoms with Crippen LogP contribution in [0, 0.1) is 5.92 Å². The molecule has 1 aliphatic rings. The summed E-state index contributed by atoms with van der Waals surface area (Å²) in [5, 5.41) is 0. The van der Waals surface area contributed by atoms with E-state index in [9.17, 15) is 0 Å². The van der Waals surface area contributed by atoms with Gasteiger partial charge >= 0.3 is 0 Å². The Morgan fingerprint density at radius 3 is 1.38 bits per heavy atom. The van der Waals surface area contributed by atoms with Crippen molar-refractivity contribution in [2.24, 2.45) is 5.92 Å². The summed E-state index contributed by atoms with van der Waals surface area (Å²) in [6.07, 6.45) is 2.40. The van der Waals surface area contributed by atoms with Crippen LogP contribution in [0.15, 0.2) is 0 Å². The predicted molar refractivity (Wildman–Crippen MR) is 76.8 cm³/mol. The van der Waals surface area contributed by atoms with Crippen molar-refractivity contribution >= 4 is 7.98 Å². The van der Waals surface area contributed by atoms with Crippen LogP contribution in [0.3, 0.4) is 0 Å².